The van der Waals surface area contributed by atoms with Gasteiger partial charge in [0.25, 0.3) is 5.91 Å². The summed E-state index contributed by atoms with van der Waals surface area (Å²) in [5.41, 5.74) is 0. The third kappa shape index (κ3) is 6.76. The van der Waals surface area contributed by atoms with Gasteiger partial charge in [0.1, 0.15) is 13.2 Å². The summed E-state index contributed by atoms with van der Waals surface area (Å²) < 4.78 is 4.61. The maximum Gasteiger partial charge on any atom is 0.329 e. The van der Waals surface area contributed by atoms with Gasteiger partial charge in [0.05, 0.1) is 0 Å². The number of carbonyl (C=O) groups excluding carboxylic acids is 2. The van der Waals surface area contributed by atoms with E-state index in [4.69, 9.17) is 5.11 Å². The van der Waals surface area contributed by atoms with Crippen molar-refractivity contribution in [3.8, 4) is 0 Å². The van der Waals surface area contributed by atoms with Crippen LogP contribution in [-0.4, -0.2) is 54.2 Å². The second-order valence-corrected chi connectivity index (χ2v) is 4.49. The number of ether oxygens (including phenoxy) is 1. The Morgan fingerprint density at radius 2 is 1.58 bits per heavy atom. The topological polar surface area (TPSA) is 95.9 Å². The number of hydrogen-bond acceptors (Lipinski definition) is 4. The number of rotatable bonds is 4. The van der Waals surface area contributed by atoms with Crippen LogP contribution in [-0.2, 0) is 14.3 Å². The molecule has 0 saturated carbocycles. The van der Waals surface area contributed by atoms with Gasteiger partial charge in [-0.1, -0.05) is 19.3 Å². The lowest BCUT2D eigenvalue weighted by molar-refractivity contribution is -0.143. The Morgan fingerprint density at radius 3 is 2.16 bits per heavy atom. The first-order valence-corrected chi connectivity index (χ1v) is 6.48. The Kier molecular flexibility index (Phi) is 6.88. The summed E-state index contributed by atoms with van der Waals surface area (Å²) >= 11 is 0. The van der Waals surface area contributed by atoms with E-state index >= 15 is 0 Å². The summed E-state index contributed by atoms with van der Waals surface area (Å²) in [6.07, 6.45) is 5.27. The Hall–Kier alpha value is -1.63. The van der Waals surface area contributed by atoms with E-state index in [2.05, 4.69) is 10.1 Å². The Bertz CT molecular complexity index is 324. The lowest BCUT2D eigenvalue weighted by atomic mass is 10.1. The molecule has 2 N–H and O–H groups in total. The predicted molar refractivity (Wildman–Crippen MR) is 66.7 cm³/mol. The molecule has 1 saturated heterocycles. The van der Waals surface area contributed by atoms with E-state index in [1.807, 2.05) is 0 Å². The van der Waals surface area contributed by atoms with Crippen molar-refractivity contribution in [2.45, 2.75) is 32.1 Å². The van der Waals surface area contributed by atoms with Crippen molar-refractivity contribution in [1.82, 2.24) is 10.2 Å². The van der Waals surface area contributed by atoms with Crippen molar-refractivity contribution in [3.05, 3.63) is 0 Å². The monoisotopic (exact) mass is 272 g/mol. The van der Waals surface area contributed by atoms with Gasteiger partial charge >= 0.3 is 12.0 Å². The fourth-order valence-corrected chi connectivity index (χ4v) is 1.92. The first-order chi connectivity index (χ1) is 9.09. The average Bonchev–Trinajstić information content (AvgIpc) is 2.27. The zero-order valence-electron chi connectivity index (χ0n) is 10.9. The number of imide groups is 1. The highest BCUT2D eigenvalue weighted by molar-refractivity contribution is 5.95. The molecule has 7 nitrogen and oxygen atoms in total. The molecule has 1 aliphatic rings. The van der Waals surface area contributed by atoms with Crippen LogP contribution in [0.3, 0.4) is 0 Å². The molecule has 1 fully saturated rings. The largest absolute Gasteiger partial charge is 0.480 e. The maximum absolute atomic E-state index is 11.8. The minimum absolute atomic E-state index is 0.425. The third-order valence-corrected chi connectivity index (χ3v) is 2.85. The normalized spacial score (nSPS) is 16.3. The van der Waals surface area contributed by atoms with Crippen LogP contribution in [0.1, 0.15) is 32.1 Å². The van der Waals surface area contributed by atoms with Crippen molar-refractivity contribution in [2.75, 3.05) is 26.3 Å². The van der Waals surface area contributed by atoms with Crippen LogP contribution >= 0.6 is 0 Å². The molecule has 3 amide bonds. The molecule has 0 atom stereocenters. The molecule has 108 valence electrons. The smallest absolute Gasteiger partial charge is 0.329 e. The van der Waals surface area contributed by atoms with Gasteiger partial charge in [-0.25, -0.2) is 9.59 Å². The molecule has 0 radical (unpaired) electrons. The maximum atomic E-state index is 11.8. The SMILES string of the molecule is O=C(O)COCC(=O)NC(=O)N1CCCCCCC1. The highest BCUT2D eigenvalue weighted by Crippen LogP contribution is 2.10. The second kappa shape index (κ2) is 8.47. The molecule has 7 heteroatoms. The number of amides is 3. The Balaban J connectivity index is 2.27. The molecule has 1 rings (SSSR count). The fourth-order valence-electron chi connectivity index (χ4n) is 1.92. The number of nitrogens with zero attached hydrogens (tertiary/aromatic N) is 1. The average molecular weight is 272 g/mol. The first-order valence-electron chi connectivity index (χ1n) is 6.48. The minimum Gasteiger partial charge on any atom is -0.480 e. The van der Waals surface area contributed by atoms with Crippen molar-refractivity contribution in [1.29, 1.82) is 0 Å². The van der Waals surface area contributed by atoms with Gasteiger partial charge in [0, 0.05) is 13.1 Å². The zero-order valence-corrected chi connectivity index (χ0v) is 10.9. The summed E-state index contributed by atoms with van der Waals surface area (Å²) in [7, 11) is 0. The Morgan fingerprint density at radius 1 is 1.00 bits per heavy atom. The second-order valence-electron chi connectivity index (χ2n) is 4.49. The molecule has 0 spiro atoms. The van der Waals surface area contributed by atoms with Crippen LogP contribution in [0.15, 0.2) is 0 Å². The lowest BCUT2D eigenvalue weighted by Gasteiger charge is -2.24. The van der Waals surface area contributed by atoms with Crippen molar-refractivity contribution in [3.63, 3.8) is 0 Å². The van der Waals surface area contributed by atoms with Gasteiger partial charge in [-0.05, 0) is 12.8 Å². The van der Waals surface area contributed by atoms with Crippen LogP contribution in [0.5, 0.6) is 0 Å². The number of aliphatic carboxylic acids is 1. The number of hydrogen-bond donors (Lipinski definition) is 2. The molecular formula is C12H20N2O5. The summed E-state index contributed by atoms with van der Waals surface area (Å²) in [6.45, 7) is 0.321. The van der Waals surface area contributed by atoms with Gasteiger partial charge < -0.3 is 14.7 Å². The third-order valence-electron chi connectivity index (χ3n) is 2.85. The standard InChI is InChI=1S/C12H20N2O5/c15-10(8-19-9-11(16)17)13-12(18)14-6-4-2-1-3-5-7-14/h1-9H2,(H,16,17)(H,13,15,18). The van der Waals surface area contributed by atoms with Crippen LogP contribution in [0.2, 0.25) is 0 Å². The van der Waals surface area contributed by atoms with Gasteiger partial charge in [0.2, 0.25) is 0 Å². The van der Waals surface area contributed by atoms with E-state index in [-0.39, 0.29) is 0 Å². The molecule has 19 heavy (non-hydrogen) atoms. The molecule has 1 aliphatic heterocycles. The van der Waals surface area contributed by atoms with E-state index in [0.29, 0.717) is 13.1 Å². The molecule has 0 aromatic carbocycles. The number of carboxylic acids is 1. The van der Waals surface area contributed by atoms with Crippen molar-refractivity contribution >= 4 is 17.9 Å². The van der Waals surface area contributed by atoms with E-state index in [0.717, 1.165) is 25.7 Å². The first kappa shape index (κ1) is 15.4. The van der Waals surface area contributed by atoms with E-state index in [9.17, 15) is 14.4 Å². The minimum atomic E-state index is -1.15. The molecule has 0 aromatic heterocycles. The lowest BCUT2D eigenvalue weighted by Crippen LogP contribution is -2.45. The van der Waals surface area contributed by atoms with Crippen LogP contribution in [0.4, 0.5) is 4.79 Å². The molecule has 0 aromatic rings. The quantitative estimate of drug-likeness (QED) is 0.780. The van der Waals surface area contributed by atoms with Gasteiger partial charge in [-0.2, -0.15) is 0 Å². The van der Waals surface area contributed by atoms with Crippen molar-refractivity contribution in [2.24, 2.45) is 0 Å². The number of nitrogens with one attached hydrogen (secondary N) is 1. The summed E-state index contributed by atoms with van der Waals surface area (Å²) in [6, 6.07) is -0.425. The molecular weight excluding hydrogens is 252 g/mol. The van der Waals surface area contributed by atoms with Crippen molar-refractivity contribution < 1.29 is 24.2 Å². The number of urea groups is 1. The van der Waals surface area contributed by atoms with Gasteiger partial charge in [0.15, 0.2) is 0 Å². The highest BCUT2D eigenvalue weighted by atomic mass is 16.5. The summed E-state index contributed by atoms with van der Waals surface area (Å²) in [5.74, 6) is -1.77. The molecule has 1 heterocycles. The zero-order chi connectivity index (χ0) is 14.1. The van der Waals surface area contributed by atoms with E-state index in [1.165, 1.54) is 6.42 Å². The number of carboxylic acid groups (broad SMARTS) is 1. The van der Waals surface area contributed by atoms with Gasteiger partial charge in [-0.3, -0.25) is 10.1 Å². The highest BCUT2D eigenvalue weighted by Gasteiger charge is 2.17. The van der Waals surface area contributed by atoms with Crippen LogP contribution in [0.25, 0.3) is 0 Å². The summed E-state index contributed by atoms with van der Waals surface area (Å²) in [5, 5.41) is 10.5. The summed E-state index contributed by atoms with van der Waals surface area (Å²) in [4.78, 5) is 35.0. The van der Waals surface area contributed by atoms with Crippen LogP contribution in [0, 0.1) is 0 Å². The fraction of sp³-hybridized carbons (Fsp3) is 0.750. The molecule has 0 unspecified atom stereocenters. The predicted octanol–water partition coefficient (Wildman–Crippen LogP) is 0.590. The molecule has 0 bridgehead atoms. The van der Waals surface area contributed by atoms with Crippen LogP contribution < -0.4 is 5.32 Å². The van der Waals surface area contributed by atoms with Gasteiger partial charge in [-0.15, -0.1) is 0 Å². The molecule has 0 aliphatic carbocycles. The van der Waals surface area contributed by atoms with E-state index in [1.54, 1.807) is 4.90 Å². The van der Waals surface area contributed by atoms with E-state index < -0.39 is 31.1 Å². The number of likely N-dealkylation sites (tertiary alicyclic amines) is 1. The number of carbonyl (C=O) groups is 3. The Labute approximate surface area is 111 Å².